The first-order chi connectivity index (χ1) is 21.8. The molecule has 0 aromatic heterocycles. The Morgan fingerprint density at radius 1 is 0.956 bits per heavy atom. The molecule has 45 heavy (non-hydrogen) atoms. The highest BCUT2D eigenvalue weighted by molar-refractivity contribution is 6.01. The molecule has 4 amide bonds. The molecule has 1 aliphatic rings. The Morgan fingerprint density at radius 2 is 1.64 bits per heavy atom. The summed E-state index contributed by atoms with van der Waals surface area (Å²) in [6, 6.07) is 21.0. The molecule has 3 aromatic carbocycles. The second-order valence-electron chi connectivity index (χ2n) is 10.6. The number of nitrogens with zero attached hydrogens (tertiary/aromatic N) is 2. The average molecular weight is 617 g/mol. The molecule has 11 nitrogen and oxygen atoms in total. The lowest BCUT2D eigenvalue weighted by Gasteiger charge is -2.29. The maximum Gasteiger partial charge on any atom is 0.255 e. The Kier molecular flexibility index (Phi) is 11.8. The molecule has 2 atom stereocenters. The Hall–Kier alpha value is -5.06. The van der Waals surface area contributed by atoms with E-state index in [0.717, 1.165) is 5.56 Å². The highest BCUT2D eigenvalue weighted by atomic mass is 16.5. The van der Waals surface area contributed by atoms with Crippen LogP contribution in [-0.4, -0.2) is 92.5 Å². The van der Waals surface area contributed by atoms with Gasteiger partial charge < -0.3 is 34.6 Å². The van der Waals surface area contributed by atoms with Gasteiger partial charge in [0.2, 0.25) is 17.7 Å². The van der Waals surface area contributed by atoms with Crippen LogP contribution in [0, 0.1) is 0 Å². The molecule has 11 heteroatoms. The zero-order valence-corrected chi connectivity index (χ0v) is 25.9. The van der Waals surface area contributed by atoms with Gasteiger partial charge in [0.15, 0.2) is 0 Å². The van der Waals surface area contributed by atoms with E-state index in [0.29, 0.717) is 23.8 Å². The molecule has 0 bridgehead atoms. The molecule has 0 unspecified atom stereocenters. The number of rotatable bonds is 9. The van der Waals surface area contributed by atoms with Crippen LogP contribution in [0.3, 0.4) is 0 Å². The number of carbonyl (C=O) groups is 4. The standard InChI is InChI=1S/C34H40N4O7/c1-4-38-19-21-45-30-13-9-8-12-27(30)32(40)36-29(23-31(39)35-28(34(38)42)22-24-10-6-5-7-11-24)33(41)37(2)18-20-44-26-16-14-25(43-3)15-17-26/h5-17,28-29H,4,18-23H2,1-3H3,(H,35,39)(H,36,40)/t28-,29-/m0/s1. The summed E-state index contributed by atoms with van der Waals surface area (Å²) in [5, 5.41) is 5.57. The van der Waals surface area contributed by atoms with Crippen molar-refractivity contribution in [2.45, 2.75) is 31.8 Å². The molecule has 0 radical (unpaired) electrons. The van der Waals surface area contributed by atoms with Gasteiger partial charge in [0, 0.05) is 20.0 Å². The number of likely N-dealkylation sites (N-methyl/N-ethyl adjacent to an activating group) is 2. The highest BCUT2D eigenvalue weighted by Crippen LogP contribution is 2.20. The van der Waals surface area contributed by atoms with E-state index < -0.39 is 29.8 Å². The lowest BCUT2D eigenvalue weighted by Crippen LogP contribution is -2.54. The van der Waals surface area contributed by atoms with Crippen molar-refractivity contribution < 1.29 is 33.4 Å². The second kappa shape index (κ2) is 16.1. The Labute approximate surface area is 263 Å². The fourth-order valence-electron chi connectivity index (χ4n) is 4.96. The maximum atomic E-state index is 13.7. The van der Waals surface area contributed by atoms with Crippen molar-refractivity contribution in [3.8, 4) is 17.2 Å². The fraction of sp³-hybridized carbons (Fsp3) is 0.353. The van der Waals surface area contributed by atoms with E-state index in [4.69, 9.17) is 14.2 Å². The first kappa shape index (κ1) is 32.8. The summed E-state index contributed by atoms with van der Waals surface area (Å²) < 4.78 is 16.9. The minimum atomic E-state index is -1.21. The van der Waals surface area contributed by atoms with Gasteiger partial charge in [-0.2, -0.15) is 0 Å². The largest absolute Gasteiger partial charge is 0.497 e. The van der Waals surface area contributed by atoms with Gasteiger partial charge in [-0.15, -0.1) is 0 Å². The quantitative estimate of drug-likeness (QED) is 0.379. The molecular formula is C34H40N4O7. The van der Waals surface area contributed by atoms with Crippen LogP contribution in [0.2, 0.25) is 0 Å². The summed E-state index contributed by atoms with van der Waals surface area (Å²) in [5.41, 5.74) is 1.09. The Morgan fingerprint density at radius 3 is 2.36 bits per heavy atom. The normalized spacial score (nSPS) is 17.6. The fourth-order valence-corrected chi connectivity index (χ4v) is 4.96. The van der Waals surface area contributed by atoms with Crippen molar-refractivity contribution in [3.63, 3.8) is 0 Å². The number of carbonyl (C=O) groups excluding carboxylic acids is 4. The van der Waals surface area contributed by atoms with E-state index in [9.17, 15) is 19.2 Å². The van der Waals surface area contributed by atoms with Crippen LogP contribution in [0.4, 0.5) is 0 Å². The second-order valence-corrected chi connectivity index (χ2v) is 10.6. The molecule has 4 rings (SSSR count). The van der Waals surface area contributed by atoms with Crippen LogP contribution in [0.1, 0.15) is 29.3 Å². The van der Waals surface area contributed by atoms with Crippen LogP contribution >= 0.6 is 0 Å². The van der Waals surface area contributed by atoms with Gasteiger partial charge in [-0.25, -0.2) is 0 Å². The Bertz CT molecular complexity index is 1450. The van der Waals surface area contributed by atoms with Crippen LogP contribution in [0.15, 0.2) is 78.9 Å². The summed E-state index contributed by atoms with van der Waals surface area (Å²) in [5.74, 6) is -0.224. The number of amides is 4. The number of hydrogen-bond acceptors (Lipinski definition) is 7. The molecule has 238 valence electrons. The summed E-state index contributed by atoms with van der Waals surface area (Å²) in [7, 11) is 3.15. The van der Waals surface area contributed by atoms with Gasteiger partial charge in [0.25, 0.3) is 5.91 Å². The molecule has 0 fully saturated rings. The average Bonchev–Trinajstić information content (AvgIpc) is 3.06. The highest BCUT2D eigenvalue weighted by Gasteiger charge is 2.31. The first-order valence-electron chi connectivity index (χ1n) is 15.0. The maximum absolute atomic E-state index is 13.7. The van der Waals surface area contributed by atoms with Crippen LogP contribution in [0.25, 0.3) is 0 Å². The zero-order chi connectivity index (χ0) is 32.2. The summed E-state index contributed by atoms with van der Waals surface area (Å²) in [6.07, 6.45) is -0.110. The van der Waals surface area contributed by atoms with Gasteiger partial charge in [-0.1, -0.05) is 42.5 Å². The van der Waals surface area contributed by atoms with Crippen molar-refractivity contribution in [2.24, 2.45) is 0 Å². The lowest BCUT2D eigenvalue weighted by atomic mass is 10.0. The Balaban J connectivity index is 1.55. The van der Waals surface area contributed by atoms with Gasteiger partial charge in [-0.05, 0) is 48.9 Å². The lowest BCUT2D eigenvalue weighted by molar-refractivity contribution is -0.138. The van der Waals surface area contributed by atoms with Crippen LogP contribution in [-0.2, 0) is 20.8 Å². The predicted molar refractivity (Wildman–Crippen MR) is 168 cm³/mol. The molecule has 3 aromatic rings. The van der Waals surface area contributed by atoms with Crippen LogP contribution in [0.5, 0.6) is 17.2 Å². The van der Waals surface area contributed by atoms with Gasteiger partial charge in [-0.3, -0.25) is 19.2 Å². The van der Waals surface area contributed by atoms with Crippen molar-refractivity contribution in [3.05, 3.63) is 90.0 Å². The van der Waals surface area contributed by atoms with E-state index in [1.165, 1.54) is 4.90 Å². The molecule has 0 spiro atoms. The number of para-hydroxylation sites is 1. The van der Waals surface area contributed by atoms with E-state index in [-0.39, 0.29) is 50.6 Å². The number of benzene rings is 3. The predicted octanol–water partition coefficient (Wildman–Crippen LogP) is 2.69. The minimum absolute atomic E-state index is 0.134. The topological polar surface area (TPSA) is 127 Å². The van der Waals surface area contributed by atoms with E-state index >= 15 is 0 Å². The molecule has 1 heterocycles. The third kappa shape index (κ3) is 9.21. The van der Waals surface area contributed by atoms with E-state index in [1.54, 1.807) is 67.6 Å². The molecular weight excluding hydrogens is 576 g/mol. The SMILES string of the molecule is CCN1CCOc2ccccc2C(=O)N[C@H](C(=O)N(C)CCOc2ccc(OC)cc2)CC(=O)N[C@@H](Cc2ccccc2)C1=O. The first-order valence-corrected chi connectivity index (χ1v) is 15.0. The third-order valence-electron chi connectivity index (χ3n) is 7.48. The summed E-state index contributed by atoms with van der Waals surface area (Å²) in [6.45, 7) is 3.02. The number of ether oxygens (including phenoxy) is 3. The molecule has 0 aliphatic carbocycles. The monoisotopic (exact) mass is 616 g/mol. The molecule has 0 saturated heterocycles. The van der Waals surface area contributed by atoms with Crippen LogP contribution < -0.4 is 24.8 Å². The number of hydrogen-bond donors (Lipinski definition) is 2. The number of fused-ring (bicyclic) bond motifs is 1. The number of nitrogens with one attached hydrogen (secondary N) is 2. The molecule has 2 N–H and O–H groups in total. The van der Waals surface area contributed by atoms with E-state index in [1.807, 2.05) is 37.3 Å². The third-order valence-corrected chi connectivity index (χ3v) is 7.48. The minimum Gasteiger partial charge on any atom is -0.497 e. The zero-order valence-electron chi connectivity index (χ0n) is 25.9. The van der Waals surface area contributed by atoms with Crippen molar-refractivity contribution in [2.75, 3.05) is 47.0 Å². The molecule has 0 saturated carbocycles. The van der Waals surface area contributed by atoms with Gasteiger partial charge in [0.1, 0.15) is 42.5 Å². The van der Waals surface area contributed by atoms with Gasteiger partial charge in [0.05, 0.1) is 32.2 Å². The summed E-state index contributed by atoms with van der Waals surface area (Å²) >= 11 is 0. The smallest absolute Gasteiger partial charge is 0.255 e. The summed E-state index contributed by atoms with van der Waals surface area (Å²) in [4.78, 5) is 57.3. The van der Waals surface area contributed by atoms with Gasteiger partial charge >= 0.3 is 0 Å². The van der Waals surface area contributed by atoms with E-state index in [2.05, 4.69) is 10.6 Å². The van der Waals surface area contributed by atoms with Crippen molar-refractivity contribution in [1.29, 1.82) is 0 Å². The van der Waals surface area contributed by atoms with Crippen molar-refractivity contribution in [1.82, 2.24) is 20.4 Å². The van der Waals surface area contributed by atoms with Crippen molar-refractivity contribution >= 4 is 23.6 Å². The molecule has 1 aliphatic heterocycles. The number of methoxy groups -OCH3 is 1.